The molecular formula is C22H19N5O3. The van der Waals surface area contributed by atoms with Crippen LogP contribution in [0.5, 0.6) is 0 Å². The van der Waals surface area contributed by atoms with E-state index >= 15 is 0 Å². The van der Waals surface area contributed by atoms with Crippen molar-refractivity contribution in [3.8, 4) is 5.69 Å². The summed E-state index contributed by atoms with van der Waals surface area (Å²) in [5.74, 6) is -0.337. The van der Waals surface area contributed by atoms with Crippen LogP contribution in [0.4, 0.5) is 5.69 Å². The van der Waals surface area contributed by atoms with Crippen molar-refractivity contribution in [2.24, 2.45) is 0 Å². The zero-order valence-corrected chi connectivity index (χ0v) is 16.3. The number of hydrogen-bond acceptors (Lipinski definition) is 5. The number of nitrogens with one attached hydrogen (secondary N) is 1. The molecule has 150 valence electrons. The van der Waals surface area contributed by atoms with Crippen molar-refractivity contribution in [1.82, 2.24) is 19.3 Å². The quantitative estimate of drug-likeness (QED) is 0.501. The summed E-state index contributed by atoms with van der Waals surface area (Å²) in [6.07, 6.45) is 3.00. The van der Waals surface area contributed by atoms with Gasteiger partial charge in [0.05, 0.1) is 18.2 Å². The maximum atomic E-state index is 12.8. The highest BCUT2D eigenvalue weighted by molar-refractivity contribution is 5.97. The topological polar surface area (TPSA) is 98.9 Å². The Bertz CT molecular complexity index is 1290. The number of hydrogen-bond donors (Lipinski definition) is 1. The van der Waals surface area contributed by atoms with Crippen LogP contribution in [0.3, 0.4) is 0 Å². The zero-order chi connectivity index (χ0) is 21.1. The SMILES string of the molecule is CC(=O)c1cccc(NC(=O)CCn2cnc3c(cnn3-c3ccccc3)c2=O)c1. The van der Waals surface area contributed by atoms with Crippen molar-refractivity contribution in [1.29, 1.82) is 0 Å². The molecule has 30 heavy (non-hydrogen) atoms. The molecule has 2 aromatic carbocycles. The highest BCUT2D eigenvalue weighted by Gasteiger charge is 2.12. The van der Waals surface area contributed by atoms with Gasteiger partial charge in [0, 0.05) is 24.2 Å². The van der Waals surface area contributed by atoms with E-state index in [-0.39, 0.29) is 30.2 Å². The summed E-state index contributed by atoms with van der Waals surface area (Å²) in [4.78, 5) is 40.9. The van der Waals surface area contributed by atoms with E-state index in [2.05, 4.69) is 15.4 Å². The van der Waals surface area contributed by atoms with Gasteiger partial charge < -0.3 is 5.32 Å². The van der Waals surface area contributed by atoms with E-state index in [1.54, 1.807) is 28.9 Å². The average molecular weight is 401 g/mol. The number of amides is 1. The molecular weight excluding hydrogens is 382 g/mol. The third-order valence-electron chi connectivity index (χ3n) is 4.69. The fraction of sp³-hybridized carbons (Fsp3) is 0.136. The summed E-state index contributed by atoms with van der Waals surface area (Å²) in [6, 6.07) is 16.2. The normalized spacial score (nSPS) is 10.8. The van der Waals surface area contributed by atoms with E-state index in [0.29, 0.717) is 22.3 Å². The van der Waals surface area contributed by atoms with Crippen molar-refractivity contribution in [2.45, 2.75) is 19.9 Å². The third-order valence-corrected chi connectivity index (χ3v) is 4.69. The fourth-order valence-electron chi connectivity index (χ4n) is 3.13. The Morgan fingerprint density at radius 1 is 1.07 bits per heavy atom. The molecule has 2 heterocycles. The Morgan fingerprint density at radius 3 is 2.63 bits per heavy atom. The molecule has 8 heteroatoms. The Hall–Kier alpha value is -4.07. The van der Waals surface area contributed by atoms with Gasteiger partial charge in [0.25, 0.3) is 5.56 Å². The Morgan fingerprint density at radius 2 is 1.87 bits per heavy atom. The monoisotopic (exact) mass is 401 g/mol. The third kappa shape index (κ3) is 3.88. The molecule has 0 saturated heterocycles. The number of para-hydroxylation sites is 1. The number of anilines is 1. The maximum absolute atomic E-state index is 12.8. The molecule has 4 rings (SSSR count). The maximum Gasteiger partial charge on any atom is 0.264 e. The van der Waals surface area contributed by atoms with E-state index in [4.69, 9.17) is 0 Å². The molecule has 4 aromatic rings. The molecule has 0 aliphatic carbocycles. The zero-order valence-electron chi connectivity index (χ0n) is 16.3. The van der Waals surface area contributed by atoms with Gasteiger partial charge in [-0.3, -0.25) is 19.0 Å². The van der Waals surface area contributed by atoms with Gasteiger partial charge >= 0.3 is 0 Å². The number of fused-ring (bicyclic) bond motifs is 1. The summed E-state index contributed by atoms with van der Waals surface area (Å²) >= 11 is 0. The van der Waals surface area contributed by atoms with Crippen molar-refractivity contribution < 1.29 is 9.59 Å². The molecule has 0 aliphatic rings. The van der Waals surface area contributed by atoms with Crippen LogP contribution in [0.25, 0.3) is 16.7 Å². The van der Waals surface area contributed by atoms with Crippen molar-refractivity contribution in [3.63, 3.8) is 0 Å². The van der Waals surface area contributed by atoms with Gasteiger partial charge in [0.15, 0.2) is 11.4 Å². The lowest BCUT2D eigenvalue weighted by Gasteiger charge is -2.08. The average Bonchev–Trinajstić information content (AvgIpc) is 3.19. The number of ketones is 1. The van der Waals surface area contributed by atoms with Crippen molar-refractivity contribution >= 4 is 28.4 Å². The standard InChI is InChI=1S/C22H19N5O3/c1-15(28)16-6-5-7-17(12-16)25-20(29)10-11-26-14-23-21-19(22(26)30)13-24-27(21)18-8-3-2-4-9-18/h2-9,12-14H,10-11H2,1H3,(H,25,29). The summed E-state index contributed by atoms with van der Waals surface area (Å²) in [6.45, 7) is 1.65. The van der Waals surface area contributed by atoms with Gasteiger partial charge in [-0.25, -0.2) is 9.67 Å². The van der Waals surface area contributed by atoms with Crippen LogP contribution in [0, 0.1) is 0 Å². The van der Waals surface area contributed by atoms with Gasteiger partial charge in [-0.05, 0) is 31.2 Å². The molecule has 1 N–H and O–H groups in total. The number of rotatable bonds is 6. The summed E-state index contributed by atoms with van der Waals surface area (Å²) in [7, 11) is 0. The molecule has 0 spiro atoms. The van der Waals surface area contributed by atoms with Crippen LogP contribution in [-0.4, -0.2) is 31.0 Å². The number of Topliss-reactive ketones (excluding diaryl/α,β-unsaturated/α-hetero) is 1. The molecule has 0 fully saturated rings. The summed E-state index contributed by atoms with van der Waals surface area (Å²) in [5.41, 5.74) is 2.08. The Balaban J connectivity index is 1.49. The minimum Gasteiger partial charge on any atom is -0.326 e. The molecule has 2 aromatic heterocycles. The van der Waals surface area contributed by atoms with Crippen LogP contribution in [-0.2, 0) is 11.3 Å². The van der Waals surface area contributed by atoms with E-state index in [9.17, 15) is 14.4 Å². The van der Waals surface area contributed by atoms with Gasteiger partial charge in [-0.1, -0.05) is 30.3 Å². The van der Waals surface area contributed by atoms with E-state index in [1.165, 1.54) is 24.0 Å². The molecule has 0 atom stereocenters. The van der Waals surface area contributed by atoms with Crippen LogP contribution in [0.2, 0.25) is 0 Å². The molecule has 0 bridgehead atoms. The molecule has 0 unspecified atom stereocenters. The summed E-state index contributed by atoms with van der Waals surface area (Å²) in [5, 5.41) is 7.41. The highest BCUT2D eigenvalue weighted by atomic mass is 16.2. The van der Waals surface area contributed by atoms with Gasteiger partial charge in [0.2, 0.25) is 5.91 Å². The first kappa shape index (κ1) is 19.3. The van der Waals surface area contributed by atoms with E-state index in [0.717, 1.165) is 5.69 Å². The first-order valence-corrected chi connectivity index (χ1v) is 9.42. The van der Waals surface area contributed by atoms with Gasteiger partial charge in [0.1, 0.15) is 5.39 Å². The van der Waals surface area contributed by atoms with Crippen LogP contribution in [0.1, 0.15) is 23.7 Å². The second-order valence-electron chi connectivity index (χ2n) is 6.81. The van der Waals surface area contributed by atoms with Gasteiger partial charge in [-0.2, -0.15) is 5.10 Å². The van der Waals surface area contributed by atoms with E-state index in [1.807, 2.05) is 30.3 Å². The summed E-state index contributed by atoms with van der Waals surface area (Å²) < 4.78 is 3.00. The first-order chi connectivity index (χ1) is 14.5. The lowest BCUT2D eigenvalue weighted by molar-refractivity contribution is -0.116. The minimum absolute atomic E-state index is 0.0759. The van der Waals surface area contributed by atoms with Gasteiger partial charge in [-0.15, -0.1) is 0 Å². The highest BCUT2D eigenvalue weighted by Crippen LogP contribution is 2.14. The smallest absolute Gasteiger partial charge is 0.264 e. The second kappa shape index (κ2) is 8.12. The Labute approximate surface area is 171 Å². The predicted molar refractivity (Wildman–Crippen MR) is 113 cm³/mol. The van der Waals surface area contributed by atoms with E-state index < -0.39 is 0 Å². The molecule has 0 aliphatic heterocycles. The van der Waals surface area contributed by atoms with Crippen molar-refractivity contribution in [3.05, 3.63) is 83.0 Å². The van der Waals surface area contributed by atoms with Crippen molar-refractivity contribution in [2.75, 3.05) is 5.32 Å². The molecule has 8 nitrogen and oxygen atoms in total. The van der Waals surface area contributed by atoms with Crippen LogP contribution >= 0.6 is 0 Å². The Kier molecular flexibility index (Phi) is 5.21. The number of benzene rings is 2. The lowest BCUT2D eigenvalue weighted by atomic mass is 10.1. The number of aryl methyl sites for hydroxylation is 1. The minimum atomic E-state index is -0.261. The van der Waals surface area contributed by atoms with Crippen LogP contribution < -0.4 is 10.9 Å². The predicted octanol–water partition coefficient (Wildman–Crippen LogP) is 2.81. The second-order valence-corrected chi connectivity index (χ2v) is 6.81. The number of carbonyl (C=O) groups excluding carboxylic acids is 2. The molecule has 1 amide bonds. The first-order valence-electron chi connectivity index (χ1n) is 9.42. The molecule has 0 radical (unpaired) electrons. The van der Waals surface area contributed by atoms with Crippen LogP contribution in [0.15, 0.2) is 71.9 Å². The number of aromatic nitrogens is 4. The lowest BCUT2D eigenvalue weighted by Crippen LogP contribution is -2.23. The number of nitrogens with zero attached hydrogens (tertiary/aromatic N) is 4. The number of carbonyl (C=O) groups is 2. The molecule has 0 saturated carbocycles. The largest absolute Gasteiger partial charge is 0.326 e. The fourth-order valence-corrected chi connectivity index (χ4v) is 3.13.